The number of nitrogens with zero attached hydrogens (tertiary/aromatic N) is 3. The summed E-state index contributed by atoms with van der Waals surface area (Å²) in [5.74, 6) is -0.956. The summed E-state index contributed by atoms with van der Waals surface area (Å²) in [6.45, 7) is 8.06. The van der Waals surface area contributed by atoms with Crippen LogP contribution in [0.1, 0.15) is 68.8 Å². The van der Waals surface area contributed by atoms with Gasteiger partial charge in [-0.25, -0.2) is 18.6 Å². The van der Waals surface area contributed by atoms with Crippen molar-refractivity contribution in [3.63, 3.8) is 0 Å². The third kappa shape index (κ3) is 9.26. The van der Waals surface area contributed by atoms with Crippen molar-refractivity contribution in [3.05, 3.63) is 53.1 Å². The number of hydrogen-bond donors (Lipinski definition) is 3. The number of pyridine rings is 1. The number of carbonyl (C=O) groups excluding carboxylic acids is 3. The summed E-state index contributed by atoms with van der Waals surface area (Å²) in [6.07, 6.45) is 3.34. The number of rotatable bonds is 12. The Morgan fingerprint density at radius 2 is 1.86 bits per heavy atom. The molecule has 0 saturated carbocycles. The Morgan fingerprint density at radius 1 is 1.09 bits per heavy atom. The van der Waals surface area contributed by atoms with Crippen molar-refractivity contribution in [3.8, 4) is 0 Å². The van der Waals surface area contributed by atoms with Gasteiger partial charge in [0, 0.05) is 51.7 Å². The highest BCUT2D eigenvalue weighted by atomic mass is 19.1. The molecule has 4 rings (SSSR count). The summed E-state index contributed by atoms with van der Waals surface area (Å²) in [6, 6.07) is 7.27. The molecule has 1 aromatic carbocycles. The fourth-order valence-corrected chi connectivity index (χ4v) is 5.33. The molecule has 2 saturated heterocycles. The van der Waals surface area contributed by atoms with Crippen LogP contribution in [0, 0.1) is 11.6 Å². The summed E-state index contributed by atoms with van der Waals surface area (Å²) in [5.41, 5.74) is 0.256. The van der Waals surface area contributed by atoms with E-state index in [2.05, 4.69) is 20.9 Å². The normalized spacial score (nSPS) is 16.9. The predicted octanol–water partition coefficient (Wildman–Crippen LogP) is 4.25. The number of carbonyl (C=O) groups is 3. The highest BCUT2D eigenvalue weighted by Gasteiger charge is 2.31. The van der Waals surface area contributed by atoms with Crippen molar-refractivity contribution >= 4 is 29.5 Å². The van der Waals surface area contributed by atoms with Crippen LogP contribution in [0.3, 0.4) is 0 Å². The Bertz CT molecular complexity index is 1300. The highest BCUT2D eigenvalue weighted by molar-refractivity contribution is 5.99. The van der Waals surface area contributed by atoms with E-state index in [1.54, 1.807) is 31.7 Å². The smallest absolute Gasteiger partial charge is 0.407 e. The van der Waals surface area contributed by atoms with Gasteiger partial charge in [-0.15, -0.1) is 0 Å². The molecule has 3 N–H and O–H groups in total. The van der Waals surface area contributed by atoms with Crippen molar-refractivity contribution in [2.75, 3.05) is 49.5 Å². The maximum absolute atomic E-state index is 15.2. The molecule has 234 valence electrons. The van der Waals surface area contributed by atoms with Gasteiger partial charge in [0.2, 0.25) is 5.91 Å². The molecule has 2 fully saturated rings. The summed E-state index contributed by atoms with van der Waals surface area (Å²) in [7, 11) is 0. The first kappa shape index (κ1) is 32.0. The Labute approximate surface area is 251 Å². The fourth-order valence-electron chi connectivity index (χ4n) is 5.33. The molecule has 0 bridgehead atoms. The molecule has 2 aromatic rings. The molecular weight excluding hydrogens is 558 g/mol. The number of likely N-dealkylation sites (tertiary alicyclic amines) is 1. The number of anilines is 2. The van der Waals surface area contributed by atoms with Crippen LogP contribution in [0.25, 0.3) is 0 Å². The van der Waals surface area contributed by atoms with E-state index < -0.39 is 23.4 Å². The van der Waals surface area contributed by atoms with Gasteiger partial charge in [-0.2, -0.15) is 0 Å². The minimum Gasteiger partial charge on any atom is -0.444 e. The minimum atomic E-state index is -0.595. The van der Waals surface area contributed by atoms with E-state index >= 15 is 4.39 Å². The molecule has 1 atom stereocenters. The summed E-state index contributed by atoms with van der Waals surface area (Å²) >= 11 is 0. The van der Waals surface area contributed by atoms with Crippen LogP contribution in [-0.2, 0) is 16.0 Å². The lowest BCUT2D eigenvalue weighted by molar-refractivity contribution is -0.128. The van der Waals surface area contributed by atoms with E-state index in [1.165, 1.54) is 18.2 Å². The summed E-state index contributed by atoms with van der Waals surface area (Å²) in [5, 5.41) is 8.71. The maximum Gasteiger partial charge on any atom is 0.407 e. The van der Waals surface area contributed by atoms with Gasteiger partial charge in [0.1, 0.15) is 17.2 Å². The molecule has 2 aliphatic rings. The Morgan fingerprint density at radius 3 is 2.58 bits per heavy atom. The molecule has 1 aromatic heterocycles. The number of nitrogens with one attached hydrogen (secondary N) is 3. The Balaban J connectivity index is 1.37. The third-order valence-electron chi connectivity index (χ3n) is 7.40. The molecule has 10 nitrogen and oxygen atoms in total. The molecule has 0 radical (unpaired) electrons. The van der Waals surface area contributed by atoms with Crippen LogP contribution in [0.5, 0.6) is 0 Å². The topological polar surface area (TPSA) is 116 Å². The lowest BCUT2D eigenvalue weighted by atomic mass is 10.1. The zero-order valence-electron chi connectivity index (χ0n) is 25.2. The number of hydrogen-bond acceptors (Lipinski definition) is 7. The average Bonchev–Trinajstić information content (AvgIpc) is 3.59. The second-order valence-corrected chi connectivity index (χ2v) is 12.0. The molecule has 12 heteroatoms. The molecule has 3 heterocycles. The average molecular weight is 601 g/mol. The third-order valence-corrected chi connectivity index (χ3v) is 7.40. The zero-order valence-corrected chi connectivity index (χ0v) is 25.2. The van der Waals surface area contributed by atoms with Gasteiger partial charge in [0.05, 0.1) is 5.56 Å². The Hall–Kier alpha value is -3.96. The van der Waals surface area contributed by atoms with Crippen LogP contribution in [-0.4, -0.2) is 78.7 Å². The minimum absolute atomic E-state index is 0.0149. The summed E-state index contributed by atoms with van der Waals surface area (Å²) in [4.78, 5) is 45.8. The van der Waals surface area contributed by atoms with E-state index in [-0.39, 0.29) is 41.5 Å². The standard InChI is InChI=1S/C31H42F2N6O4/c1-31(2,3)43-30(42)35-13-7-17-39-23(10-11-26(39)40)20-36-29(41)24-19-25(33)28(38-15-4-5-16-38)37-27(24)34-14-12-21-8-6-9-22(32)18-21/h6,8-9,18-19,23H,4-5,7,10-17,20H2,1-3H3,(H,34,37)(H,35,42)(H,36,41)/t23-/m1/s1. The second-order valence-electron chi connectivity index (χ2n) is 12.0. The van der Waals surface area contributed by atoms with Gasteiger partial charge in [0.15, 0.2) is 11.6 Å². The molecule has 0 unspecified atom stereocenters. The number of amides is 3. The van der Waals surface area contributed by atoms with Gasteiger partial charge in [-0.05, 0) is 76.6 Å². The van der Waals surface area contributed by atoms with Crippen LogP contribution < -0.4 is 20.9 Å². The molecule has 43 heavy (non-hydrogen) atoms. The van der Waals surface area contributed by atoms with E-state index in [0.29, 0.717) is 58.4 Å². The van der Waals surface area contributed by atoms with Gasteiger partial charge in [-0.1, -0.05) is 12.1 Å². The van der Waals surface area contributed by atoms with Gasteiger partial charge < -0.3 is 30.5 Å². The van der Waals surface area contributed by atoms with E-state index in [9.17, 15) is 18.8 Å². The number of halogens is 2. The lowest BCUT2D eigenvalue weighted by Crippen LogP contribution is -2.43. The first-order valence-corrected chi connectivity index (χ1v) is 15.0. The van der Waals surface area contributed by atoms with Gasteiger partial charge in [-0.3, -0.25) is 9.59 Å². The largest absolute Gasteiger partial charge is 0.444 e. The quantitative estimate of drug-likeness (QED) is 0.312. The van der Waals surface area contributed by atoms with Gasteiger partial charge >= 0.3 is 6.09 Å². The maximum atomic E-state index is 15.2. The van der Waals surface area contributed by atoms with E-state index in [1.807, 2.05) is 11.0 Å². The number of alkyl carbamates (subject to hydrolysis) is 1. The first-order chi connectivity index (χ1) is 20.5. The van der Waals surface area contributed by atoms with Crippen molar-refractivity contribution in [1.82, 2.24) is 20.5 Å². The van der Waals surface area contributed by atoms with Crippen molar-refractivity contribution in [1.29, 1.82) is 0 Å². The van der Waals surface area contributed by atoms with E-state index in [4.69, 9.17) is 4.74 Å². The monoisotopic (exact) mass is 600 g/mol. The molecular formula is C31H42F2N6O4. The van der Waals surface area contributed by atoms with Crippen LogP contribution >= 0.6 is 0 Å². The lowest BCUT2D eigenvalue weighted by Gasteiger charge is -2.26. The highest BCUT2D eigenvalue weighted by Crippen LogP contribution is 2.27. The van der Waals surface area contributed by atoms with E-state index in [0.717, 1.165) is 18.4 Å². The van der Waals surface area contributed by atoms with Gasteiger partial charge in [0.25, 0.3) is 5.91 Å². The summed E-state index contributed by atoms with van der Waals surface area (Å²) < 4.78 is 34.1. The number of ether oxygens (including phenoxy) is 1. The Kier molecular flexibility index (Phi) is 10.8. The van der Waals surface area contributed by atoms with Crippen LogP contribution in [0.4, 0.5) is 25.2 Å². The zero-order chi connectivity index (χ0) is 31.0. The molecule has 0 aliphatic carbocycles. The fraction of sp³-hybridized carbons (Fsp3) is 0.548. The predicted molar refractivity (Wildman–Crippen MR) is 160 cm³/mol. The number of aromatic nitrogens is 1. The molecule has 2 aliphatic heterocycles. The number of benzene rings is 1. The molecule has 3 amide bonds. The SMILES string of the molecule is CC(C)(C)OC(=O)NCCCN1C(=O)CC[C@@H]1CNC(=O)c1cc(F)c(N2CCCC2)nc1NCCc1cccc(F)c1. The first-order valence-electron chi connectivity index (χ1n) is 15.0. The van der Waals surface area contributed by atoms with Crippen molar-refractivity contribution < 1.29 is 27.9 Å². The van der Waals surface area contributed by atoms with Crippen LogP contribution in [0.15, 0.2) is 30.3 Å². The molecule has 0 spiro atoms. The van der Waals surface area contributed by atoms with Crippen LogP contribution in [0.2, 0.25) is 0 Å². The van der Waals surface area contributed by atoms with Crippen molar-refractivity contribution in [2.45, 2.75) is 70.9 Å². The second kappa shape index (κ2) is 14.5. The van der Waals surface area contributed by atoms with Crippen molar-refractivity contribution in [2.24, 2.45) is 0 Å².